The topological polar surface area (TPSA) is 77.8 Å². The predicted molar refractivity (Wildman–Crippen MR) is 55.8 cm³/mol. The summed E-state index contributed by atoms with van der Waals surface area (Å²) in [6.45, 7) is 7.44. The van der Waals surface area contributed by atoms with E-state index in [1.54, 1.807) is 4.90 Å². The molecule has 0 saturated carbocycles. The van der Waals surface area contributed by atoms with E-state index in [4.69, 9.17) is 10.2 Å². The molecule has 5 nitrogen and oxygen atoms in total. The summed E-state index contributed by atoms with van der Waals surface area (Å²) < 4.78 is 0. The van der Waals surface area contributed by atoms with E-state index < -0.39 is 18.0 Å². The van der Waals surface area contributed by atoms with Gasteiger partial charge in [-0.3, -0.25) is 14.5 Å². The minimum Gasteiger partial charge on any atom is -0.481 e. The number of aliphatic carboxylic acids is 2. The maximum absolute atomic E-state index is 11.0. The van der Waals surface area contributed by atoms with Crippen LogP contribution in [0.25, 0.3) is 0 Å². The normalized spacial score (nSPS) is 13.5. The number of hydrogen-bond acceptors (Lipinski definition) is 3. The zero-order valence-corrected chi connectivity index (χ0v) is 9.60. The fourth-order valence-electron chi connectivity index (χ4n) is 1.80. The molecule has 15 heavy (non-hydrogen) atoms. The Morgan fingerprint density at radius 2 is 1.47 bits per heavy atom. The summed E-state index contributed by atoms with van der Waals surface area (Å²) in [4.78, 5) is 23.2. The molecule has 0 aliphatic heterocycles. The molecule has 88 valence electrons. The van der Waals surface area contributed by atoms with E-state index in [9.17, 15) is 9.59 Å². The largest absolute Gasteiger partial charge is 0.481 e. The molecule has 0 spiro atoms. The molecule has 0 aliphatic rings. The van der Waals surface area contributed by atoms with Crippen LogP contribution in [0.4, 0.5) is 0 Å². The van der Waals surface area contributed by atoms with Gasteiger partial charge in [0, 0.05) is 12.1 Å². The number of nitrogens with zero attached hydrogens (tertiary/aromatic N) is 1. The Hall–Kier alpha value is -1.10. The van der Waals surface area contributed by atoms with E-state index in [1.807, 2.05) is 27.7 Å². The van der Waals surface area contributed by atoms with Gasteiger partial charge in [-0.25, -0.2) is 0 Å². The van der Waals surface area contributed by atoms with Crippen molar-refractivity contribution in [2.75, 3.05) is 0 Å². The van der Waals surface area contributed by atoms with E-state index in [-0.39, 0.29) is 18.5 Å². The lowest BCUT2D eigenvalue weighted by atomic mass is 10.1. The maximum atomic E-state index is 11.0. The molecule has 2 N–H and O–H groups in total. The van der Waals surface area contributed by atoms with Gasteiger partial charge < -0.3 is 10.2 Å². The first kappa shape index (κ1) is 13.9. The van der Waals surface area contributed by atoms with Gasteiger partial charge in [0.1, 0.15) is 6.04 Å². The van der Waals surface area contributed by atoms with E-state index in [0.717, 1.165) is 0 Å². The van der Waals surface area contributed by atoms with Crippen molar-refractivity contribution in [3.63, 3.8) is 0 Å². The van der Waals surface area contributed by atoms with Crippen LogP contribution in [0.1, 0.15) is 34.1 Å². The summed E-state index contributed by atoms with van der Waals surface area (Å²) in [5.41, 5.74) is 0. The standard InChI is InChI=1S/C10H19NO4/c1-6(2)11(7(3)4)8(10(14)15)5-9(12)13/h6-8H,5H2,1-4H3,(H,12,13)(H,14,15)/t8-/m0/s1. The molecule has 0 amide bonds. The lowest BCUT2D eigenvalue weighted by Gasteiger charge is -2.35. The van der Waals surface area contributed by atoms with Crippen LogP contribution in [0, 0.1) is 0 Å². The number of carbonyl (C=O) groups is 2. The van der Waals surface area contributed by atoms with Crippen LogP contribution < -0.4 is 0 Å². The zero-order chi connectivity index (χ0) is 12.2. The fourth-order valence-corrected chi connectivity index (χ4v) is 1.80. The predicted octanol–water partition coefficient (Wildman–Crippen LogP) is 1.03. The van der Waals surface area contributed by atoms with Crippen molar-refractivity contribution in [1.29, 1.82) is 0 Å². The molecule has 1 atom stereocenters. The third kappa shape index (κ3) is 4.29. The molecule has 0 radical (unpaired) electrons. The molecule has 0 rings (SSSR count). The summed E-state index contributed by atoms with van der Waals surface area (Å²) in [6, 6.07) is -0.946. The molecule has 0 unspecified atom stereocenters. The summed E-state index contributed by atoms with van der Waals surface area (Å²) in [5, 5.41) is 17.6. The van der Waals surface area contributed by atoms with E-state index in [2.05, 4.69) is 0 Å². The Morgan fingerprint density at radius 1 is 1.07 bits per heavy atom. The Kier molecular flexibility index (Phi) is 5.28. The summed E-state index contributed by atoms with van der Waals surface area (Å²) in [7, 11) is 0. The lowest BCUT2D eigenvalue weighted by Crippen LogP contribution is -2.49. The van der Waals surface area contributed by atoms with Gasteiger partial charge in [0.05, 0.1) is 6.42 Å². The molecule has 0 fully saturated rings. The van der Waals surface area contributed by atoms with Crippen LogP contribution in [0.15, 0.2) is 0 Å². The second kappa shape index (κ2) is 5.70. The molecule has 0 saturated heterocycles. The van der Waals surface area contributed by atoms with Gasteiger partial charge in [0.2, 0.25) is 0 Å². The minimum atomic E-state index is -1.09. The van der Waals surface area contributed by atoms with Crippen LogP contribution in [0.3, 0.4) is 0 Å². The van der Waals surface area contributed by atoms with Crippen LogP contribution in [-0.2, 0) is 9.59 Å². The highest BCUT2D eigenvalue weighted by Crippen LogP contribution is 2.14. The second-order valence-electron chi connectivity index (χ2n) is 4.09. The Labute approximate surface area is 89.7 Å². The first-order chi connectivity index (χ1) is 6.77. The zero-order valence-electron chi connectivity index (χ0n) is 9.60. The van der Waals surface area contributed by atoms with Crippen LogP contribution in [-0.4, -0.2) is 45.2 Å². The highest BCUT2D eigenvalue weighted by atomic mass is 16.4. The first-order valence-electron chi connectivity index (χ1n) is 4.99. The SMILES string of the molecule is CC(C)N(C(C)C)[C@@H](CC(=O)O)C(=O)O. The van der Waals surface area contributed by atoms with Crippen molar-refractivity contribution in [3.05, 3.63) is 0 Å². The number of hydrogen-bond donors (Lipinski definition) is 2. The Balaban J connectivity index is 4.84. The smallest absolute Gasteiger partial charge is 0.321 e. The molecular formula is C10H19NO4. The van der Waals surface area contributed by atoms with Crippen molar-refractivity contribution < 1.29 is 19.8 Å². The van der Waals surface area contributed by atoms with Crippen molar-refractivity contribution in [2.24, 2.45) is 0 Å². The van der Waals surface area contributed by atoms with E-state index in [1.165, 1.54) is 0 Å². The molecule has 0 aromatic rings. The van der Waals surface area contributed by atoms with E-state index in [0.29, 0.717) is 0 Å². The average molecular weight is 217 g/mol. The highest BCUT2D eigenvalue weighted by molar-refractivity contribution is 5.80. The third-order valence-corrected chi connectivity index (χ3v) is 2.21. The van der Waals surface area contributed by atoms with Crippen molar-refractivity contribution >= 4 is 11.9 Å². The van der Waals surface area contributed by atoms with Crippen molar-refractivity contribution in [3.8, 4) is 0 Å². The molecule has 0 aromatic heterocycles. The number of carboxylic acid groups (broad SMARTS) is 2. The quantitative estimate of drug-likeness (QED) is 0.695. The summed E-state index contributed by atoms with van der Waals surface area (Å²) >= 11 is 0. The lowest BCUT2D eigenvalue weighted by molar-refractivity contribution is -0.151. The van der Waals surface area contributed by atoms with Crippen LogP contribution in [0.5, 0.6) is 0 Å². The molecule has 5 heteroatoms. The van der Waals surface area contributed by atoms with E-state index >= 15 is 0 Å². The Bertz CT molecular complexity index is 230. The monoisotopic (exact) mass is 217 g/mol. The summed E-state index contributed by atoms with van der Waals surface area (Å²) in [6.07, 6.45) is -0.369. The van der Waals surface area contributed by atoms with Gasteiger partial charge in [0.15, 0.2) is 0 Å². The minimum absolute atomic E-state index is 0.00505. The van der Waals surface area contributed by atoms with Gasteiger partial charge in [-0.15, -0.1) is 0 Å². The first-order valence-corrected chi connectivity index (χ1v) is 4.99. The van der Waals surface area contributed by atoms with Crippen LogP contribution in [0.2, 0.25) is 0 Å². The Morgan fingerprint density at radius 3 is 1.67 bits per heavy atom. The highest BCUT2D eigenvalue weighted by Gasteiger charge is 2.31. The summed E-state index contributed by atoms with van der Waals surface area (Å²) in [5.74, 6) is -2.17. The molecule has 0 aromatic carbocycles. The average Bonchev–Trinajstić information content (AvgIpc) is 2.00. The van der Waals surface area contributed by atoms with Crippen molar-refractivity contribution in [2.45, 2.75) is 52.2 Å². The molecule has 0 aliphatic carbocycles. The van der Waals surface area contributed by atoms with Gasteiger partial charge >= 0.3 is 11.9 Å². The molecule has 0 heterocycles. The van der Waals surface area contributed by atoms with Gasteiger partial charge in [-0.1, -0.05) is 0 Å². The molecular weight excluding hydrogens is 198 g/mol. The third-order valence-electron chi connectivity index (χ3n) is 2.21. The fraction of sp³-hybridized carbons (Fsp3) is 0.800. The maximum Gasteiger partial charge on any atom is 0.321 e. The number of rotatable bonds is 6. The van der Waals surface area contributed by atoms with Gasteiger partial charge in [-0.2, -0.15) is 0 Å². The second-order valence-corrected chi connectivity index (χ2v) is 4.09. The molecule has 0 bridgehead atoms. The number of carboxylic acids is 2. The van der Waals surface area contributed by atoms with Crippen LogP contribution >= 0.6 is 0 Å². The van der Waals surface area contributed by atoms with Gasteiger partial charge in [0.25, 0.3) is 0 Å². The van der Waals surface area contributed by atoms with Crippen molar-refractivity contribution in [1.82, 2.24) is 4.90 Å². The van der Waals surface area contributed by atoms with Gasteiger partial charge in [-0.05, 0) is 27.7 Å².